The second kappa shape index (κ2) is 6.52. The van der Waals surface area contributed by atoms with Crippen molar-refractivity contribution in [1.29, 1.82) is 0 Å². The first-order chi connectivity index (χ1) is 8.50. The van der Waals surface area contributed by atoms with Crippen LogP contribution in [0, 0.1) is 0 Å². The van der Waals surface area contributed by atoms with Crippen molar-refractivity contribution in [2.24, 2.45) is 0 Å². The normalized spacial score (nSPS) is 15.8. The van der Waals surface area contributed by atoms with Gasteiger partial charge in [-0.1, -0.05) is 37.3 Å². The van der Waals surface area contributed by atoms with Crippen LogP contribution in [-0.4, -0.2) is 34.9 Å². The van der Waals surface area contributed by atoms with Gasteiger partial charge in [0.1, 0.15) is 5.60 Å². The molecule has 0 saturated carbocycles. The molecule has 1 rings (SSSR count). The molecule has 4 nitrogen and oxygen atoms in total. The van der Waals surface area contributed by atoms with E-state index in [0.717, 1.165) is 5.56 Å². The molecule has 0 radical (unpaired) electrons. The third-order valence-corrected chi connectivity index (χ3v) is 2.91. The molecule has 0 spiro atoms. The molecule has 0 bridgehead atoms. The van der Waals surface area contributed by atoms with Gasteiger partial charge in [0.25, 0.3) is 0 Å². The summed E-state index contributed by atoms with van der Waals surface area (Å²) < 4.78 is 0. The maximum atomic E-state index is 12.0. The fourth-order valence-corrected chi connectivity index (χ4v) is 1.71. The minimum Gasteiger partial charge on any atom is -0.393 e. The number of benzene rings is 1. The number of nitrogens with one attached hydrogen (secondary N) is 1. The van der Waals surface area contributed by atoms with Crippen molar-refractivity contribution >= 4 is 5.91 Å². The van der Waals surface area contributed by atoms with Crippen molar-refractivity contribution < 1.29 is 15.0 Å². The van der Waals surface area contributed by atoms with E-state index in [9.17, 15) is 9.90 Å². The highest BCUT2D eigenvalue weighted by atomic mass is 16.3. The van der Waals surface area contributed by atoms with Crippen LogP contribution in [0.15, 0.2) is 30.3 Å². The first kappa shape index (κ1) is 14.7. The summed E-state index contributed by atoms with van der Waals surface area (Å²) in [7, 11) is 0. The Labute approximate surface area is 108 Å². The summed E-state index contributed by atoms with van der Waals surface area (Å²) in [6, 6.07) is 9.53. The number of hydrogen-bond donors (Lipinski definition) is 3. The third kappa shape index (κ3) is 4.13. The van der Waals surface area contributed by atoms with Gasteiger partial charge in [0.05, 0.1) is 12.5 Å². The van der Waals surface area contributed by atoms with E-state index in [4.69, 9.17) is 5.11 Å². The Balaban J connectivity index is 2.64. The number of aliphatic hydroxyl groups is 2. The number of carbonyl (C=O) groups excluding carboxylic acids is 1. The number of rotatable bonds is 6. The molecule has 18 heavy (non-hydrogen) atoms. The van der Waals surface area contributed by atoms with E-state index in [2.05, 4.69) is 5.32 Å². The van der Waals surface area contributed by atoms with Crippen LogP contribution >= 0.6 is 0 Å². The van der Waals surface area contributed by atoms with Gasteiger partial charge in [-0.2, -0.15) is 0 Å². The van der Waals surface area contributed by atoms with Crippen molar-refractivity contribution in [1.82, 2.24) is 5.32 Å². The summed E-state index contributed by atoms with van der Waals surface area (Å²) in [5.41, 5.74) is -0.314. The van der Waals surface area contributed by atoms with Crippen LogP contribution in [0.4, 0.5) is 0 Å². The molecule has 1 aromatic carbocycles. The molecule has 0 aliphatic heterocycles. The molecule has 3 N–H and O–H groups in total. The van der Waals surface area contributed by atoms with Crippen molar-refractivity contribution in [3.63, 3.8) is 0 Å². The lowest BCUT2D eigenvalue weighted by Crippen LogP contribution is -2.44. The van der Waals surface area contributed by atoms with Crippen LogP contribution < -0.4 is 5.32 Å². The minimum atomic E-state index is -1.27. The molecule has 4 heteroatoms. The van der Waals surface area contributed by atoms with Gasteiger partial charge in [-0.3, -0.25) is 4.79 Å². The number of carbonyl (C=O) groups is 1. The standard InChI is InChI=1S/C14H21NO3/c1-3-12(11-7-5-4-6-8-11)13(17)15-9-14(2,18)10-16/h4-8,12,16,18H,3,9-10H2,1-2H3,(H,15,17). The van der Waals surface area contributed by atoms with Crippen LogP contribution in [0.1, 0.15) is 31.7 Å². The summed E-state index contributed by atoms with van der Waals surface area (Å²) in [6.45, 7) is 3.10. The number of amides is 1. The van der Waals surface area contributed by atoms with Gasteiger partial charge in [0.2, 0.25) is 5.91 Å². The average Bonchev–Trinajstić information content (AvgIpc) is 2.39. The Morgan fingerprint density at radius 3 is 2.50 bits per heavy atom. The fraction of sp³-hybridized carbons (Fsp3) is 0.500. The summed E-state index contributed by atoms with van der Waals surface area (Å²) in [5.74, 6) is -0.349. The molecule has 0 fully saturated rings. The Kier molecular flexibility index (Phi) is 5.31. The smallest absolute Gasteiger partial charge is 0.227 e. The Morgan fingerprint density at radius 2 is 2.00 bits per heavy atom. The van der Waals surface area contributed by atoms with Gasteiger partial charge in [0.15, 0.2) is 0 Å². The maximum Gasteiger partial charge on any atom is 0.227 e. The molecule has 0 saturated heterocycles. The van der Waals surface area contributed by atoms with Crippen molar-refractivity contribution in [3.05, 3.63) is 35.9 Å². The summed E-state index contributed by atoms with van der Waals surface area (Å²) in [5, 5.41) is 21.2. The highest BCUT2D eigenvalue weighted by Crippen LogP contribution is 2.19. The van der Waals surface area contributed by atoms with Gasteiger partial charge < -0.3 is 15.5 Å². The van der Waals surface area contributed by atoms with Gasteiger partial charge in [-0.05, 0) is 18.9 Å². The van der Waals surface area contributed by atoms with E-state index in [1.807, 2.05) is 37.3 Å². The van der Waals surface area contributed by atoms with E-state index in [1.165, 1.54) is 6.92 Å². The molecule has 0 aromatic heterocycles. The number of aliphatic hydroxyl groups excluding tert-OH is 1. The zero-order chi connectivity index (χ0) is 13.6. The molecule has 0 heterocycles. The van der Waals surface area contributed by atoms with Gasteiger partial charge in [0, 0.05) is 6.54 Å². The first-order valence-corrected chi connectivity index (χ1v) is 6.16. The molecule has 2 atom stereocenters. The van der Waals surface area contributed by atoms with Crippen LogP contribution in [-0.2, 0) is 4.79 Å². The van der Waals surface area contributed by atoms with E-state index in [-0.39, 0.29) is 25.0 Å². The Hall–Kier alpha value is -1.39. The van der Waals surface area contributed by atoms with Crippen LogP contribution in [0.2, 0.25) is 0 Å². The molecular weight excluding hydrogens is 230 g/mol. The van der Waals surface area contributed by atoms with Gasteiger partial charge in [-0.25, -0.2) is 0 Å². The third-order valence-electron chi connectivity index (χ3n) is 2.91. The predicted octanol–water partition coefficient (Wildman–Crippen LogP) is 1.04. The largest absolute Gasteiger partial charge is 0.393 e. The minimum absolute atomic E-state index is 0.0473. The van der Waals surface area contributed by atoms with Gasteiger partial charge in [-0.15, -0.1) is 0 Å². The number of hydrogen-bond acceptors (Lipinski definition) is 3. The lowest BCUT2D eigenvalue weighted by molar-refractivity contribution is -0.124. The second-order valence-corrected chi connectivity index (χ2v) is 4.74. The molecule has 0 aliphatic carbocycles. The monoisotopic (exact) mass is 251 g/mol. The van der Waals surface area contributed by atoms with Crippen molar-refractivity contribution in [3.8, 4) is 0 Å². The zero-order valence-electron chi connectivity index (χ0n) is 10.9. The van der Waals surface area contributed by atoms with E-state index in [0.29, 0.717) is 6.42 Å². The second-order valence-electron chi connectivity index (χ2n) is 4.74. The molecule has 0 aliphatic rings. The maximum absolute atomic E-state index is 12.0. The Bertz CT molecular complexity index is 376. The first-order valence-electron chi connectivity index (χ1n) is 6.16. The van der Waals surface area contributed by atoms with Crippen molar-refractivity contribution in [2.45, 2.75) is 31.8 Å². The highest BCUT2D eigenvalue weighted by Gasteiger charge is 2.23. The van der Waals surface area contributed by atoms with Gasteiger partial charge >= 0.3 is 0 Å². The predicted molar refractivity (Wildman–Crippen MR) is 70.2 cm³/mol. The summed E-state index contributed by atoms with van der Waals surface area (Å²) >= 11 is 0. The van der Waals surface area contributed by atoms with Crippen molar-refractivity contribution in [2.75, 3.05) is 13.2 Å². The summed E-state index contributed by atoms with van der Waals surface area (Å²) in [6.07, 6.45) is 0.692. The average molecular weight is 251 g/mol. The molecule has 100 valence electrons. The molecule has 1 amide bonds. The van der Waals surface area contributed by atoms with Crippen LogP contribution in [0.5, 0.6) is 0 Å². The van der Waals surface area contributed by atoms with E-state index >= 15 is 0 Å². The molecular formula is C14H21NO3. The lowest BCUT2D eigenvalue weighted by atomic mass is 9.95. The van der Waals surface area contributed by atoms with Crippen LogP contribution in [0.3, 0.4) is 0 Å². The molecule has 2 unspecified atom stereocenters. The summed E-state index contributed by atoms with van der Waals surface area (Å²) in [4.78, 5) is 12.0. The SMILES string of the molecule is CCC(C(=O)NCC(C)(O)CO)c1ccccc1. The zero-order valence-corrected chi connectivity index (χ0v) is 10.9. The fourth-order valence-electron chi connectivity index (χ4n) is 1.71. The molecule has 1 aromatic rings. The van der Waals surface area contributed by atoms with E-state index < -0.39 is 5.60 Å². The quantitative estimate of drug-likeness (QED) is 0.707. The highest BCUT2D eigenvalue weighted by molar-refractivity contribution is 5.83. The topological polar surface area (TPSA) is 69.6 Å². The van der Waals surface area contributed by atoms with Crippen LogP contribution in [0.25, 0.3) is 0 Å². The Morgan fingerprint density at radius 1 is 1.39 bits per heavy atom. The van der Waals surface area contributed by atoms with E-state index in [1.54, 1.807) is 0 Å². The lowest BCUT2D eigenvalue weighted by Gasteiger charge is -2.23.